The van der Waals surface area contributed by atoms with Gasteiger partial charge in [0.05, 0.1) is 18.4 Å². The highest BCUT2D eigenvalue weighted by Gasteiger charge is 2.13. The summed E-state index contributed by atoms with van der Waals surface area (Å²) in [5.41, 5.74) is 2.27. The first-order valence-corrected chi connectivity index (χ1v) is 5.59. The van der Waals surface area contributed by atoms with Gasteiger partial charge < -0.3 is 10.1 Å². The lowest BCUT2D eigenvalue weighted by atomic mass is 10.1. The maximum absolute atomic E-state index is 5.82. The van der Waals surface area contributed by atoms with Crippen LogP contribution in [-0.4, -0.2) is 24.2 Å². The Morgan fingerprint density at radius 1 is 1.60 bits per heavy atom. The Labute approximate surface area is 90.9 Å². The first-order chi connectivity index (χ1) is 7.36. The van der Waals surface area contributed by atoms with Crippen molar-refractivity contribution in [3.63, 3.8) is 0 Å². The quantitative estimate of drug-likeness (QED) is 0.816. The minimum absolute atomic E-state index is 0.361. The van der Waals surface area contributed by atoms with Crippen LogP contribution in [0.4, 0.5) is 0 Å². The summed E-state index contributed by atoms with van der Waals surface area (Å²) in [6, 6.07) is 4.03. The van der Waals surface area contributed by atoms with E-state index in [1.165, 1.54) is 18.4 Å². The number of aromatic nitrogens is 1. The summed E-state index contributed by atoms with van der Waals surface area (Å²) in [6.07, 6.45) is 4.57. The molecule has 1 aromatic heterocycles. The Morgan fingerprint density at radius 3 is 3.27 bits per heavy atom. The lowest BCUT2D eigenvalue weighted by Crippen LogP contribution is -2.35. The summed E-state index contributed by atoms with van der Waals surface area (Å²) in [7, 11) is 0. The van der Waals surface area contributed by atoms with E-state index in [2.05, 4.69) is 23.3 Å². The van der Waals surface area contributed by atoms with Crippen LogP contribution < -0.4 is 5.32 Å². The zero-order valence-electron chi connectivity index (χ0n) is 9.20. The second-order valence-corrected chi connectivity index (χ2v) is 4.05. The number of nitrogens with zero attached hydrogens (tertiary/aromatic N) is 1. The minimum atomic E-state index is 0.361. The van der Waals surface area contributed by atoms with E-state index in [9.17, 15) is 0 Å². The van der Waals surface area contributed by atoms with Crippen molar-refractivity contribution in [2.45, 2.75) is 32.5 Å². The number of piperidine rings is 1. The second-order valence-electron chi connectivity index (χ2n) is 4.05. The van der Waals surface area contributed by atoms with E-state index in [1.807, 2.05) is 12.3 Å². The zero-order valence-corrected chi connectivity index (χ0v) is 9.20. The molecule has 2 rings (SSSR count). The molecule has 0 radical (unpaired) electrons. The number of ether oxygens (including phenoxy) is 1. The van der Waals surface area contributed by atoms with Gasteiger partial charge in [0, 0.05) is 12.7 Å². The van der Waals surface area contributed by atoms with Gasteiger partial charge in [-0.15, -0.1) is 0 Å². The average Bonchev–Trinajstić information content (AvgIpc) is 2.29. The third-order valence-electron chi connectivity index (χ3n) is 2.83. The molecule has 1 aliphatic heterocycles. The highest BCUT2D eigenvalue weighted by atomic mass is 16.5. The third kappa shape index (κ3) is 3.01. The molecule has 15 heavy (non-hydrogen) atoms. The molecular weight excluding hydrogens is 188 g/mol. The van der Waals surface area contributed by atoms with Crippen LogP contribution in [0.5, 0.6) is 0 Å². The van der Waals surface area contributed by atoms with Crippen molar-refractivity contribution in [2.24, 2.45) is 0 Å². The van der Waals surface area contributed by atoms with E-state index in [4.69, 9.17) is 4.74 Å². The van der Waals surface area contributed by atoms with Gasteiger partial charge in [-0.25, -0.2) is 0 Å². The predicted octanol–water partition coefficient (Wildman–Crippen LogP) is 1.66. The largest absolute Gasteiger partial charge is 0.371 e. The molecule has 1 saturated heterocycles. The molecule has 3 heteroatoms. The number of hydrogen-bond donors (Lipinski definition) is 1. The van der Waals surface area contributed by atoms with Crippen LogP contribution in [-0.2, 0) is 11.3 Å². The summed E-state index contributed by atoms with van der Waals surface area (Å²) >= 11 is 0. The fraction of sp³-hybridized carbons (Fsp3) is 0.583. The van der Waals surface area contributed by atoms with E-state index in [1.54, 1.807) is 0 Å². The summed E-state index contributed by atoms with van der Waals surface area (Å²) in [6.45, 7) is 4.82. The van der Waals surface area contributed by atoms with Crippen molar-refractivity contribution in [3.05, 3.63) is 29.6 Å². The topological polar surface area (TPSA) is 34.1 Å². The predicted molar refractivity (Wildman–Crippen MR) is 59.7 cm³/mol. The molecule has 2 heterocycles. The molecule has 0 amide bonds. The molecule has 1 aliphatic rings. The molecule has 0 aromatic carbocycles. The monoisotopic (exact) mass is 206 g/mol. The molecule has 0 saturated carbocycles. The summed E-state index contributed by atoms with van der Waals surface area (Å²) < 4.78 is 5.82. The lowest BCUT2D eigenvalue weighted by molar-refractivity contribution is 0.0234. The Balaban J connectivity index is 1.84. The van der Waals surface area contributed by atoms with E-state index in [0.29, 0.717) is 12.7 Å². The van der Waals surface area contributed by atoms with Crippen molar-refractivity contribution in [2.75, 3.05) is 13.1 Å². The fourth-order valence-electron chi connectivity index (χ4n) is 1.83. The minimum Gasteiger partial charge on any atom is -0.371 e. The number of hydrogen-bond acceptors (Lipinski definition) is 3. The molecule has 0 spiro atoms. The molecule has 1 aromatic rings. The Morgan fingerprint density at radius 2 is 2.53 bits per heavy atom. The SMILES string of the molecule is Cc1cccnc1CO[C@H]1CCCNC1. The summed E-state index contributed by atoms with van der Waals surface area (Å²) in [4.78, 5) is 4.32. The maximum atomic E-state index is 5.82. The van der Waals surface area contributed by atoms with Crippen molar-refractivity contribution in [1.82, 2.24) is 10.3 Å². The number of nitrogens with one attached hydrogen (secondary N) is 1. The fourth-order valence-corrected chi connectivity index (χ4v) is 1.83. The standard InChI is InChI=1S/C12H18N2O/c1-10-4-2-7-14-12(10)9-15-11-5-3-6-13-8-11/h2,4,7,11,13H,3,5-6,8-9H2,1H3/t11-/m0/s1. The normalized spacial score (nSPS) is 21.5. The van der Waals surface area contributed by atoms with Crippen LogP contribution in [0, 0.1) is 6.92 Å². The van der Waals surface area contributed by atoms with Crippen molar-refractivity contribution in [3.8, 4) is 0 Å². The Bertz CT molecular complexity index is 308. The van der Waals surface area contributed by atoms with Crippen LogP contribution in [0.25, 0.3) is 0 Å². The number of aryl methyl sites for hydroxylation is 1. The summed E-state index contributed by atoms with van der Waals surface area (Å²) in [5, 5.41) is 3.34. The third-order valence-corrected chi connectivity index (χ3v) is 2.83. The number of rotatable bonds is 3. The highest BCUT2D eigenvalue weighted by molar-refractivity contribution is 5.16. The van der Waals surface area contributed by atoms with E-state index in [-0.39, 0.29) is 0 Å². The van der Waals surface area contributed by atoms with Crippen LogP contribution in [0.1, 0.15) is 24.1 Å². The summed E-state index contributed by atoms with van der Waals surface area (Å²) in [5.74, 6) is 0. The van der Waals surface area contributed by atoms with Crippen LogP contribution >= 0.6 is 0 Å². The highest BCUT2D eigenvalue weighted by Crippen LogP contribution is 2.10. The molecule has 0 unspecified atom stereocenters. The van der Waals surface area contributed by atoms with Gasteiger partial charge in [-0.2, -0.15) is 0 Å². The number of pyridine rings is 1. The average molecular weight is 206 g/mol. The molecule has 1 N–H and O–H groups in total. The molecule has 1 atom stereocenters. The first kappa shape index (κ1) is 10.6. The zero-order chi connectivity index (χ0) is 10.5. The first-order valence-electron chi connectivity index (χ1n) is 5.59. The van der Waals surface area contributed by atoms with E-state index in [0.717, 1.165) is 18.8 Å². The van der Waals surface area contributed by atoms with Gasteiger partial charge in [0.2, 0.25) is 0 Å². The van der Waals surface area contributed by atoms with Gasteiger partial charge >= 0.3 is 0 Å². The van der Waals surface area contributed by atoms with Gasteiger partial charge in [0.1, 0.15) is 0 Å². The second kappa shape index (κ2) is 5.24. The van der Waals surface area contributed by atoms with Crippen molar-refractivity contribution >= 4 is 0 Å². The molecule has 0 bridgehead atoms. The smallest absolute Gasteiger partial charge is 0.0894 e. The molecule has 0 aliphatic carbocycles. The van der Waals surface area contributed by atoms with Gasteiger partial charge in [-0.1, -0.05) is 6.07 Å². The van der Waals surface area contributed by atoms with Crippen molar-refractivity contribution < 1.29 is 4.74 Å². The lowest BCUT2D eigenvalue weighted by Gasteiger charge is -2.23. The molecule has 82 valence electrons. The van der Waals surface area contributed by atoms with Gasteiger partial charge in [-0.05, 0) is 37.9 Å². The van der Waals surface area contributed by atoms with Crippen LogP contribution in [0.15, 0.2) is 18.3 Å². The maximum Gasteiger partial charge on any atom is 0.0894 e. The molecule has 3 nitrogen and oxygen atoms in total. The van der Waals surface area contributed by atoms with E-state index >= 15 is 0 Å². The van der Waals surface area contributed by atoms with Crippen molar-refractivity contribution in [1.29, 1.82) is 0 Å². The molecular formula is C12H18N2O. The van der Waals surface area contributed by atoms with Crippen LogP contribution in [0.3, 0.4) is 0 Å². The molecule has 1 fully saturated rings. The van der Waals surface area contributed by atoms with Crippen LogP contribution in [0.2, 0.25) is 0 Å². The van der Waals surface area contributed by atoms with Gasteiger partial charge in [-0.3, -0.25) is 4.98 Å². The Kier molecular flexibility index (Phi) is 3.69. The van der Waals surface area contributed by atoms with Gasteiger partial charge in [0.15, 0.2) is 0 Å². The van der Waals surface area contributed by atoms with Gasteiger partial charge in [0.25, 0.3) is 0 Å². The van der Waals surface area contributed by atoms with E-state index < -0.39 is 0 Å². The Hall–Kier alpha value is -0.930.